The van der Waals surface area contributed by atoms with Crippen molar-refractivity contribution < 1.29 is 39.9 Å². The van der Waals surface area contributed by atoms with Gasteiger partial charge in [0.05, 0.1) is 16.7 Å². The van der Waals surface area contributed by atoms with Gasteiger partial charge in [-0.15, -0.1) is 0 Å². The summed E-state index contributed by atoms with van der Waals surface area (Å²) in [5, 5.41) is 12.0. The lowest BCUT2D eigenvalue weighted by molar-refractivity contribution is -0.0435. The lowest BCUT2D eigenvalue weighted by atomic mass is 9.84. The number of sulfonamides is 1. The van der Waals surface area contributed by atoms with Gasteiger partial charge in [0, 0.05) is 29.4 Å². The van der Waals surface area contributed by atoms with Crippen molar-refractivity contribution in [2.45, 2.75) is 34.2 Å². The van der Waals surface area contributed by atoms with Crippen molar-refractivity contribution in [3.8, 4) is 11.1 Å². The van der Waals surface area contributed by atoms with Crippen LogP contribution in [-0.4, -0.2) is 46.4 Å². The zero-order chi connectivity index (χ0) is 34.1. The number of nitrogens with one attached hydrogen (secondary N) is 1. The summed E-state index contributed by atoms with van der Waals surface area (Å²) < 4.78 is 90.2. The van der Waals surface area contributed by atoms with E-state index in [0.717, 1.165) is 28.4 Å². The average Bonchev–Trinajstić information content (AvgIpc) is 3.04. The van der Waals surface area contributed by atoms with Gasteiger partial charge in [-0.05, 0) is 90.0 Å². The number of anilines is 2. The van der Waals surface area contributed by atoms with Crippen LogP contribution in [0.15, 0.2) is 101 Å². The smallest absolute Gasteiger partial charge is 0.398 e. The van der Waals surface area contributed by atoms with Crippen LogP contribution in [0.2, 0.25) is 5.02 Å². The third-order valence-corrected chi connectivity index (χ3v) is 11.2. The van der Waals surface area contributed by atoms with Crippen LogP contribution in [0.5, 0.6) is 0 Å². The van der Waals surface area contributed by atoms with E-state index in [4.69, 9.17) is 17.3 Å². The van der Waals surface area contributed by atoms with Crippen molar-refractivity contribution in [2.24, 2.45) is 5.92 Å². The van der Waals surface area contributed by atoms with Crippen LogP contribution >= 0.6 is 11.6 Å². The fourth-order valence-electron chi connectivity index (χ4n) is 5.48. The van der Waals surface area contributed by atoms with E-state index in [1.807, 2.05) is 36.4 Å². The number of aliphatic hydroxyl groups excluding tert-OH is 1. The predicted molar refractivity (Wildman–Crippen MR) is 172 cm³/mol. The number of carbonyl (C=O) groups excluding carboxylic acids is 1. The number of amides is 1. The number of benzene rings is 4. The second kappa shape index (κ2) is 13.2. The number of aliphatic hydroxyl groups is 1. The molecule has 0 aromatic heterocycles. The summed E-state index contributed by atoms with van der Waals surface area (Å²) in [6.45, 7) is 1.23. The Labute approximate surface area is 274 Å². The summed E-state index contributed by atoms with van der Waals surface area (Å²) in [4.78, 5) is 12.5. The molecule has 4 N–H and O–H groups in total. The topological polar surface area (TPSA) is 147 Å². The van der Waals surface area contributed by atoms with Crippen LogP contribution in [0, 0.1) is 5.92 Å². The molecule has 0 spiro atoms. The summed E-state index contributed by atoms with van der Waals surface area (Å²) >= 11 is 6.05. The van der Waals surface area contributed by atoms with Crippen molar-refractivity contribution >= 4 is 48.7 Å². The summed E-state index contributed by atoms with van der Waals surface area (Å²) in [6.07, 6.45) is 0.678. The maximum atomic E-state index is 13.1. The Hall–Kier alpha value is -4.11. The molecule has 0 unspecified atom stereocenters. The molecule has 1 atom stereocenters. The Kier molecular flexibility index (Phi) is 9.60. The molecule has 15 heteroatoms. The fraction of sp³-hybridized carbons (Fsp3) is 0.219. The first-order valence-electron chi connectivity index (χ1n) is 14.2. The summed E-state index contributed by atoms with van der Waals surface area (Å²) in [5.41, 5.74) is 2.28. The number of hydrogen-bond acceptors (Lipinski definition) is 8. The largest absolute Gasteiger partial charge is 0.501 e. The Morgan fingerprint density at radius 1 is 0.915 bits per heavy atom. The highest BCUT2D eigenvalue weighted by atomic mass is 35.5. The highest BCUT2D eigenvalue weighted by Crippen LogP contribution is 2.38. The standard InChI is InChI=1S/C32H29ClF3N3O6S2/c33-23-9-5-20(6-10-23)26-3-1-2-4-27(26)30(40)21-15-17-39(18-16-21)24-11-7-22(8-12-24)31(41)38-47(44,45)25-13-14-28(37)29(19-25)46(42,43)32(34,35)36/h1-14,19,21,30,40H,15-18,37H2,(H,38,41)/t30-/m1/s1. The van der Waals surface area contributed by atoms with E-state index >= 15 is 0 Å². The molecule has 4 aromatic rings. The van der Waals surface area contributed by atoms with Gasteiger partial charge in [-0.1, -0.05) is 48.0 Å². The third kappa shape index (κ3) is 7.25. The number of nitrogen functional groups attached to an aromatic ring is 1. The second-order valence-electron chi connectivity index (χ2n) is 11.0. The number of nitrogens with zero attached hydrogens (tertiary/aromatic N) is 1. The maximum Gasteiger partial charge on any atom is 0.501 e. The van der Waals surface area contributed by atoms with Gasteiger partial charge in [-0.2, -0.15) is 13.2 Å². The summed E-state index contributed by atoms with van der Waals surface area (Å²) in [7, 11) is -10.7. The maximum absolute atomic E-state index is 13.1. The van der Waals surface area contributed by atoms with E-state index in [1.54, 1.807) is 29.0 Å². The highest BCUT2D eigenvalue weighted by molar-refractivity contribution is 7.92. The van der Waals surface area contributed by atoms with Gasteiger partial charge in [-0.25, -0.2) is 21.6 Å². The van der Waals surface area contributed by atoms with Crippen molar-refractivity contribution in [3.05, 3.63) is 107 Å². The van der Waals surface area contributed by atoms with E-state index in [0.29, 0.717) is 37.0 Å². The number of halogens is 4. The zero-order valence-electron chi connectivity index (χ0n) is 24.5. The van der Waals surface area contributed by atoms with Crippen LogP contribution in [0.1, 0.15) is 34.9 Å². The van der Waals surface area contributed by atoms with Crippen LogP contribution in [0.3, 0.4) is 0 Å². The molecule has 248 valence electrons. The number of hydrogen-bond donors (Lipinski definition) is 3. The number of rotatable bonds is 8. The molecule has 1 heterocycles. The van der Waals surface area contributed by atoms with Gasteiger partial charge >= 0.3 is 5.51 Å². The van der Waals surface area contributed by atoms with Crippen molar-refractivity contribution in [1.82, 2.24) is 4.72 Å². The van der Waals surface area contributed by atoms with Gasteiger partial charge in [0.1, 0.15) is 4.90 Å². The van der Waals surface area contributed by atoms with Crippen LogP contribution < -0.4 is 15.4 Å². The first kappa shape index (κ1) is 34.2. The molecule has 4 aromatic carbocycles. The Morgan fingerprint density at radius 3 is 2.15 bits per heavy atom. The Morgan fingerprint density at radius 2 is 1.53 bits per heavy atom. The predicted octanol–water partition coefficient (Wildman–Crippen LogP) is 5.95. The van der Waals surface area contributed by atoms with Crippen molar-refractivity contribution in [1.29, 1.82) is 0 Å². The van der Waals surface area contributed by atoms with Gasteiger partial charge in [0.2, 0.25) is 0 Å². The SMILES string of the molecule is Nc1ccc(S(=O)(=O)NC(=O)c2ccc(N3CCC([C@@H](O)c4ccccc4-c4ccc(Cl)cc4)CC3)cc2)cc1S(=O)(=O)C(F)(F)F. The normalized spacial score (nSPS) is 15.3. The number of sulfone groups is 1. The molecule has 1 aliphatic heterocycles. The monoisotopic (exact) mass is 707 g/mol. The Balaban J connectivity index is 1.23. The molecule has 1 saturated heterocycles. The van der Waals surface area contributed by atoms with E-state index in [2.05, 4.69) is 4.90 Å². The molecule has 1 aliphatic rings. The van der Waals surface area contributed by atoms with E-state index in [9.17, 15) is 39.9 Å². The average molecular weight is 708 g/mol. The summed E-state index contributed by atoms with van der Waals surface area (Å²) in [5.74, 6) is -1.08. The minimum absolute atomic E-state index is 0.00469. The number of nitrogens with two attached hydrogens (primary N) is 1. The fourth-order valence-corrected chi connectivity index (χ4v) is 7.59. The van der Waals surface area contributed by atoms with E-state index in [-0.39, 0.29) is 17.5 Å². The lowest BCUT2D eigenvalue weighted by Gasteiger charge is -2.36. The minimum Gasteiger partial charge on any atom is -0.398 e. The first-order valence-corrected chi connectivity index (χ1v) is 17.6. The van der Waals surface area contributed by atoms with Crippen LogP contribution in [0.25, 0.3) is 11.1 Å². The van der Waals surface area contributed by atoms with Crippen LogP contribution in [0.4, 0.5) is 24.5 Å². The molecule has 47 heavy (non-hydrogen) atoms. The molecule has 0 aliphatic carbocycles. The van der Waals surface area contributed by atoms with Gasteiger partial charge in [0.15, 0.2) is 0 Å². The molecular weight excluding hydrogens is 679 g/mol. The molecule has 1 amide bonds. The molecule has 1 fully saturated rings. The van der Waals surface area contributed by atoms with Crippen LogP contribution in [-0.2, 0) is 19.9 Å². The zero-order valence-corrected chi connectivity index (χ0v) is 26.9. The van der Waals surface area contributed by atoms with Gasteiger partial charge in [-0.3, -0.25) is 4.79 Å². The summed E-state index contributed by atoms with van der Waals surface area (Å²) in [6, 6.07) is 22.9. The number of carbonyl (C=O) groups is 1. The van der Waals surface area contributed by atoms with E-state index < -0.39 is 52.9 Å². The molecule has 0 saturated carbocycles. The van der Waals surface area contributed by atoms with Gasteiger partial charge < -0.3 is 15.7 Å². The lowest BCUT2D eigenvalue weighted by Crippen LogP contribution is -2.35. The minimum atomic E-state index is -5.95. The molecule has 9 nitrogen and oxygen atoms in total. The number of alkyl halides is 3. The van der Waals surface area contributed by atoms with Crippen molar-refractivity contribution in [2.75, 3.05) is 23.7 Å². The molecule has 0 radical (unpaired) electrons. The number of piperidine rings is 1. The van der Waals surface area contributed by atoms with E-state index in [1.165, 1.54) is 12.1 Å². The van der Waals surface area contributed by atoms with Crippen molar-refractivity contribution in [3.63, 3.8) is 0 Å². The second-order valence-corrected chi connectivity index (χ2v) is 15.0. The molecule has 0 bridgehead atoms. The third-order valence-electron chi connectivity index (χ3n) is 8.03. The van der Waals surface area contributed by atoms with Gasteiger partial charge in [0.25, 0.3) is 25.8 Å². The highest BCUT2D eigenvalue weighted by Gasteiger charge is 2.48. The Bertz CT molecular complexity index is 2000. The first-order chi connectivity index (χ1) is 22.1. The molecular formula is C32H29ClF3N3O6S2. The molecule has 5 rings (SSSR count). The quantitative estimate of drug-likeness (QED) is 0.191.